The Balaban J connectivity index is 1.70. The highest BCUT2D eigenvalue weighted by atomic mass is 35.5. The highest BCUT2D eigenvalue weighted by Gasteiger charge is 2.17. The van der Waals surface area contributed by atoms with Crippen molar-refractivity contribution in [3.05, 3.63) is 95.3 Å². The lowest BCUT2D eigenvalue weighted by atomic mass is 10.1. The molecule has 3 nitrogen and oxygen atoms in total. The molecule has 0 spiro atoms. The Hall–Kier alpha value is -2.78. The third kappa shape index (κ3) is 3.31. The molecule has 0 saturated carbocycles. The number of fused-ring (bicyclic) bond motifs is 1. The largest absolute Gasteiger partial charge is 0.486 e. The van der Waals surface area contributed by atoms with Crippen LogP contribution in [0, 0.1) is 0 Å². The molecule has 1 atom stereocenters. The lowest BCUT2D eigenvalue weighted by Gasteiger charge is -2.18. The molecule has 0 N–H and O–H groups in total. The third-order valence-electron chi connectivity index (χ3n) is 4.52. The molecule has 0 amide bonds. The van der Waals surface area contributed by atoms with Crippen LogP contribution >= 0.6 is 11.6 Å². The summed E-state index contributed by atoms with van der Waals surface area (Å²) in [6.07, 6.45) is 0. The summed E-state index contributed by atoms with van der Waals surface area (Å²) in [6, 6.07) is 26.2. The molecule has 0 fully saturated rings. The van der Waals surface area contributed by atoms with Gasteiger partial charge in [-0.3, -0.25) is 0 Å². The zero-order chi connectivity index (χ0) is 17.9. The van der Waals surface area contributed by atoms with E-state index < -0.39 is 0 Å². The zero-order valence-electron chi connectivity index (χ0n) is 14.5. The first-order valence-corrected chi connectivity index (χ1v) is 8.99. The van der Waals surface area contributed by atoms with Gasteiger partial charge in [-0.1, -0.05) is 54.1 Å². The Kier molecular flexibility index (Phi) is 4.63. The van der Waals surface area contributed by atoms with Crippen LogP contribution in [0.2, 0.25) is 5.02 Å². The van der Waals surface area contributed by atoms with Crippen LogP contribution in [0.25, 0.3) is 11.0 Å². The number of rotatable bonds is 5. The van der Waals surface area contributed by atoms with Crippen LogP contribution in [0.4, 0.5) is 0 Å². The molecule has 0 saturated heterocycles. The van der Waals surface area contributed by atoms with Crippen molar-refractivity contribution in [3.63, 3.8) is 0 Å². The highest BCUT2D eigenvalue weighted by Crippen LogP contribution is 2.27. The number of aromatic nitrogens is 2. The molecule has 4 rings (SSSR count). The molecular weight excluding hydrogens is 344 g/mol. The van der Waals surface area contributed by atoms with Gasteiger partial charge in [0.15, 0.2) is 0 Å². The molecule has 0 aliphatic carbocycles. The predicted octanol–water partition coefficient (Wildman–Crippen LogP) is 5.88. The van der Waals surface area contributed by atoms with Gasteiger partial charge >= 0.3 is 0 Å². The molecule has 0 radical (unpaired) electrons. The van der Waals surface area contributed by atoms with Crippen LogP contribution in [-0.4, -0.2) is 9.55 Å². The molecular formula is C22H19ClN2O. The van der Waals surface area contributed by atoms with Crippen molar-refractivity contribution in [1.82, 2.24) is 9.55 Å². The van der Waals surface area contributed by atoms with E-state index in [-0.39, 0.29) is 6.04 Å². The SMILES string of the molecule is CC(c1ccccc1)n1c(COc2ccc(Cl)cc2)nc2ccccc21. The quantitative estimate of drug-likeness (QED) is 0.443. The molecule has 3 aromatic carbocycles. The van der Waals surface area contributed by atoms with Crippen molar-refractivity contribution in [1.29, 1.82) is 0 Å². The minimum atomic E-state index is 0.160. The van der Waals surface area contributed by atoms with Gasteiger partial charge in [-0.15, -0.1) is 0 Å². The van der Waals surface area contributed by atoms with Crippen molar-refractivity contribution >= 4 is 22.6 Å². The van der Waals surface area contributed by atoms with Crippen molar-refractivity contribution in [2.24, 2.45) is 0 Å². The maximum absolute atomic E-state index is 5.96. The van der Waals surface area contributed by atoms with Crippen LogP contribution in [0.1, 0.15) is 24.4 Å². The lowest BCUT2D eigenvalue weighted by Crippen LogP contribution is -2.12. The summed E-state index contributed by atoms with van der Waals surface area (Å²) in [5, 5.41) is 0.697. The minimum absolute atomic E-state index is 0.160. The first-order chi connectivity index (χ1) is 12.7. The van der Waals surface area contributed by atoms with E-state index in [9.17, 15) is 0 Å². The van der Waals surface area contributed by atoms with E-state index >= 15 is 0 Å². The summed E-state index contributed by atoms with van der Waals surface area (Å²) >= 11 is 5.94. The number of imidazole rings is 1. The molecule has 0 aliphatic rings. The second-order valence-corrected chi connectivity index (χ2v) is 6.65. The fraction of sp³-hybridized carbons (Fsp3) is 0.136. The molecule has 1 aromatic heterocycles. The van der Waals surface area contributed by atoms with Gasteiger partial charge in [0.2, 0.25) is 0 Å². The second-order valence-electron chi connectivity index (χ2n) is 6.22. The molecule has 4 aromatic rings. The van der Waals surface area contributed by atoms with Crippen LogP contribution in [-0.2, 0) is 6.61 Å². The fourth-order valence-electron chi connectivity index (χ4n) is 3.19. The summed E-state index contributed by atoms with van der Waals surface area (Å²) in [4.78, 5) is 4.80. The first-order valence-electron chi connectivity index (χ1n) is 8.61. The summed E-state index contributed by atoms with van der Waals surface area (Å²) < 4.78 is 8.21. The van der Waals surface area contributed by atoms with Gasteiger partial charge in [0.1, 0.15) is 18.2 Å². The molecule has 130 valence electrons. The standard InChI is InChI=1S/C22H19ClN2O/c1-16(17-7-3-2-4-8-17)25-21-10-6-5-9-20(21)24-22(25)15-26-19-13-11-18(23)12-14-19/h2-14,16H,15H2,1H3. The Morgan fingerprint density at radius 1 is 0.923 bits per heavy atom. The first kappa shape index (κ1) is 16.7. The zero-order valence-corrected chi connectivity index (χ0v) is 15.2. The monoisotopic (exact) mass is 362 g/mol. The smallest absolute Gasteiger partial charge is 0.148 e. The van der Waals surface area contributed by atoms with E-state index in [2.05, 4.69) is 41.8 Å². The van der Waals surface area contributed by atoms with Gasteiger partial charge in [0.05, 0.1) is 17.1 Å². The molecule has 0 aliphatic heterocycles. The van der Waals surface area contributed by atoms with Gasteiger partial charge in [-0.05, 0) is 48.9 Å². The van der Waals surface area contributed by atoms with Crippen molar-refractivity contribution < 1.29 is 4.74 Å². The molecule has 1 heterocycles. The predicted molar refractivity (Wildman–Crippen MR) is 106 cm³/mol. The summed E-state index contributed by atoms with van der Waals surface area (Å²) in [5.74, 6) is 1.68. The molecule has 1 unspecified atom stereocenters. The number of hydrogen-bond donors (Lipinski definition) is 0. The molecule has 26 heavy (non-hydrogen) atoms. The second kappa shape index (κ2) is 7.22. The van der Waals surface area contributed by atoms with Gasteiger partial charge in [-0.25, -0.2) is 4.98 Å². The van der Waals surface area contributed by atoms with Crippen molar-refractivity contribution in [3.8, 4) is 5.75 Å². The van der Waals surface area contributed by atoms with E-state index in [1.54, 1.807) is 0 Å². The maximum Gasteiger partial charge on any atom is 0.148 e. The Morgan fingerprint density at radius 3 is 2.38 bits per heavy atom. The van der Waals surface area contributed by atoms with Crippen LogP contribution in [0.5, 0.6) is 5.75 Å². The van der Waals surface area contributed by atoms with E-state index in [1.807, 2.05) is 48.5 Å². The lowest BCUT2D eigenvalue weighted by molar-refractivity contribution is 0.288. The third-order valence-corrected chi connectivity index (χ3v) is 4.77. The highest BCUT2D eigenvalue weighted by molar-refractivity contribution is 6.30. The Morgan fingerprint density at radius 2 is 1.62 bits per heavy atom. The van der Waals surface area contributed by atoms with Gasteiger partial charge in [-0.2, -0.15) is 0 Å². The normalized spacial score (nSPS) is 12.2. The van der Waals surface area contributed by atoms with Gasteiger partial charge < -0.3 is 9.30 Å². The summed E-state index contributed by atoms with van der Waals surface area (Å²) in [7, 11) is 0. The van der Waals surface area contributed by atoms with E-state index in [4.69, 9.17) is 21.3 Å². The average Bonchev–Trinajstić information content (AvgIpc) is 3.06. The fourth-order valence-corrected chi connectivity index (χ4v) is 3.31. The van der Waals surface area contributed by atoms with E-state index in [0.29, 0.717) is 11.6 Å². The summed E-state index contributed by atoms with van der Waals surface area (Å²) in [6.45, 7) is 2.59. The summed E-state index contributed by atoms with van der Waals surface area (Å²) in [5.41, 5.74) is 3.33. The molecule has 4 heteroatoms. The van der Waals surface area contributed by atoms with Gasteiger partial charge in [0.25, 0.3) is 0 Å². The minimum Gasteiger partial charge on any atom is -0.486 e. The van der Waals surface area contributed by atoms with Crippen molar-refractivity contribution in [2.45, 2.75) is 19.6 Å². The number of nitrogens with zero attached hydrogens (tertiary/aromatic N) is 2. The van der Waals surface area contributed by atoms with Crippen LogP contribution in [0.3, 0.4) is 0 Å². The average molecular weight is 363 g/mol. The number of hydrogen-bond acceptors (Lipinski definition) is 2. The number of benzene rings is 3. The number of halogens is 1. The number of para-hydroxylation sites is 2. The van der Waals surface area contributed by atoms with Crippen LogP contribution in [0.15, 0.2) is 78.9 Å². The van der Waals surface area contributed by atoms with E-state index in [1.165, 1.54) is 5.56 Å². The topological polar surface area (TPSA) is 27.1 Å². The molecule has 0 bridgehead atoms. The van der Waals surface area contributed by atoms with Gasteiger partial charge in [0, 0.05) is 5.02 Å². The van der Waals surface area contributed by atoms with Crippen LogP contribution < -0.4 is 4.74 Å². The maximum atomic E-state index is 5.96. The van der Waals surface area contributed by atoms with E-state index in [0.717, 1.165) is 22.6 Å². The Labute approximate surface area is 157 Å². The number of ether oxygens (including phenoxy) is 1. The Bertz CT molecular complexity index is 1010. The van der Waals surface area contributed by atoms with Crippen molar-refractivity contribution in [2.75, 3.05) is 0 Å².